The Hall–Kier alpha value is -6.44. The van der Waals surface area contributed by atoms with Gasteiger partial charge in [0.05, 0.1) is 65.2 Å². The lowest BCUT2D eigenvalue weighted by atomic mass is 10.2. The number of aliphatic hydroxyl groups excluding tert-OH is 1. The number of aliphatic hydroxyl groups is 1. The predicted molar refractivity (Wildman–Crippen MR) is 246 cm³/mol. The first-order valence-electron chi connectivity index (χ1n) is 20.7. The molecule has 2 N–H and O–H groups in total. The number of amides is 2. The molecule has 4 atom stereocenters. The van der Waals surface area contributed by atoms with Crippen LogP contribution in [0.15, 0.2) is 88.4 Å². The van der Waals surface area contributed by atoms with Gasteiger partial charge in [0.25, 0.3) is 5.56 Å². The van der Waals surface area contributed by atoms with Crippen LogP contribution in [0, 0.1) is 0 Å². The van der Waals surface area contributed by atoms with Crippen LogP contribution in [-0.4, -0.2) is 122 Å². The van der Waals surface area contributed by atoms with Crippen molar-refractivity contribution in [2.45, 2.75) is 89.9 Å². The highest BCUT2D eigenvalue weighted by Crippen LogP contribution is 2.34. The summed E-state index contributed by atoms with van der Waals surface area (Å²) < 4.78 is 26.4. The molecular formula is C46H52N6O11S2. The number of ether oxygens (including phenoxy) is 5. The molecular weight excluding hydrogens is 877 g/mol. The number of methoxy groups -OCH3 is 2. The number of H-pyrrole nitrogens is 1. The second-order valence-corrected chi connectivity index (χ2v) is 18.9. The highest BCUT2D eigenvalue weighted by Gasteiger charge is 2.44. The zero-order valence-electron chi connectivity index (χ0n) is 37.3. The first kappa shape index (κ1) is 48.0. The van der Waals surface area contributed by atoms with E-state index in [1.165, 1.54) is 46.7 Å². The summed E-state index contributed by atoms with van der Waals surface area (Å²) in [4.78, 5) is 81.3. The maximum Gasteiger partial charge on any atom is 0.411 e. The minimum atomic E-state index is -0.793. The van der Waals surface area contributed by atoms with Gasteiger partial charge in [-0.15, -0.1) is 22.7 Å². The average molecular weight is 929 g/mol. The van der Waals surface area contributed by atoms with Crippen molar-refractivity contribution < 1.29 is 48.0 Å². The zero-order valence-corrected chi connectivity index (χ0v) is 38.9. The molecule has 8 rings (SSSR count). The third kappa shape index (κ3) is 12.4. The third-order valence-corrected chi connectivity index (χ3v) is 11.4. The van der Waals surface area contributed by atoms with E-state index in [4.69, 9.17) is 23.9 Å². The topological polar surface area (TPSA) is 213 Å². The fourth-order valence-electron chi connectivity index (χ4n) is 6.87. The fraction of sp³-hybridized carbons (Fsp3) is 0.391. The van der Waals surface area contributed by atoms with Gasteiger partial charge >= 0.3 is 24.1 Å². The maximum absolute atomic E-state index is 12.7. The molecule has 2 aliphatic heterocycles. The van der Waals surface area contributed by atoms with E-state index in [9.17, 15) is 29.1 Å². The minimum Gasteiger partial charge on any atom is -0.471 e. The van der Waals surface area contributed by atoms with Crippen LogP contribution in [0.2, 0.25) is 0 Å². The second kappa shape index (κ2) is 20.6. The number of thiophene rings is 2. The van der Waals surface area contributed by atoms with Gasteiger partial charge in [-0.1, -0.05) is 36.4 Å². The van der Waals surface area contributed by atoms with Crippen molar-refractivity contribution in [3.05, 3.63) is 93.9 Å². The Bertz CT molecular complexity index is 2660. The van der Waals surface area contributed by atoms with E-state index in [1.807, 2.05) is 83.6 Å². The summed E-state index contributed by atoms with van der Waals surface area (Å²) in [6.45, 7) is 10.8. The highest BCUT2D eigenvalue weighted by atomic mass is 32.1. The van der Waals surface area contributed by atoms with E-state index >= 15 is 0 Å². The number of nitrogens with one attached hydrogen (secondary N) is 1. The number of nitrogens with zero attached hydrogens (tertiary/aromatic N) is 5. The molecule has 17 nitrogen and oxygen atoms in total. The number of benzene rings is 2. The lowest BCUT2D eigenvalue weighted by molar-refractivity contribution is -0.146. The molecule has 6 heterocycles. The van der Waals surface area contributed by atoms with Crippen LogP contribution in [0.5, 0.6) is 5.88 Å². The Morgan fingerprint density at radius 2 is 1.15 bits per heavy atom. The number of aromatic amines is 1. The molecule has 0 radical (unpaired) electrons. The van der Waals surface area contributed by atoms with Crippen molar-refractivity contribution in [3.63, 3.8) is 0 Å². The number of likely N-dealkylation sites (tertiary alicyclic amines) is 2. The van der Waals surface area contributed by atoms with Gasteiger partial charge in [0, 0.05) is 12.8 Å². The molecule has 6 aromatic rings. The molecule has 65 heavy (non-hydrogen) atoms. The molecule has 2 saturated heterocycles. The van der Waals surface area contributed by atoms with Crippen LogP contribution in [0.1, 0.15) is 54.4 Å². The largest absolute Gasteiger partial charge is 0.471 e. The molecule has 344 valence electrons. The van der Waals surface area contributed by atoms with Gasteiger partial charge in [0.1, 0.15) is 40.8 Å². The highest BCUT2D eigenvalue weighted by molar-refractivity contribution is 7.13. The first-order chi connectivity index (χ1) is 30.8. The van der Waals surface area contributed by atoms with Crippen molar-refractivity contribution in [1.29, 1.82) is 0 Å². The third-order valence-electron chi connectivity index (χ3n) is 9.67. The van der Waals surface area contributed by atoms with Gasteiger partial charge in [-0.3, -0.25) is 14.6 Å². The number of β-amino-alcohol motifs (C(OH)–C–C–N with tert-alkyl or cyclic N) is 1. The summed E-state index contributed by atoms with van der Waals surface area (Å²) >= 11 is 3.05. The van der Waals surface area contributed by atoms with Crippen molar-refractivity contribution >= 4 is 68.9 Å². The quantitative estimate of drug-likeness (QED) is 0.123. The molecule has 2 aromatic carbocycles. The minimum absolute atomic E-state index is 0.0919. The van der Waals surface area contributed by atoms with Crippen LogP contribution in [0.3, 0.4) is 0 Å². The molecule has 0 spiro atoms. The number of aromatic nitrogens is 4. The number of carbonyl (C=O) groups excluding carboxylic acids is 4. The Morgan fingerprint density at radius 1 is 0.662 bits per heavy atom. The van der Waals surface area contributed by atoms with Crippen molar-refractivity contribution in [3.8, 4) is 27.0 Å². The summed E-state index contributed by atoms with van der Waals surface area (Å²) in [5.41, 5.74) is 2.71. The summed E-state index contributed by atoms with van der Waals surface area (Å²) in [5, 5.41) is 13.4. The van der Waals surface area contributed by atoms with E-state index in [0.29, 0.717) is 22.8 Å². The number of para-hydroxylation sites is 4. The van der Waals surface area contributed by atoms with E-state index < -0.39 is 59.6 Å². The molecule has 0 unspecified atom stereocenters. The Morgan fingerprint density at radius 3 is 1.69 bits per heavy atom. The van der Waals surface area contributed by atoms with E-state index in [-0.39, 0.29) is 31.5 Å². The molecule has 0 saturated carbocycles. The van der Waals surface area contributed by atoms with Gasteiger partial charge in [-0.05, 0) is 88.7 Å². The smallest absolute Gasteiger partial charge is 0.411 e. The van der Waals surface area contributed by atoms with Crippen molar-refractivity contribution in [2.24, 2.45) is 0 Å². The number of esters is 2. The van der Waals surface area contributed by atoms with Crippen molar-refractivity contribution in [1.82, 2.24) is 29.7 Å². The summed E-state index contributed by atoms with van der Waals surface area (Å²) in [6.07, 6.45) is -1.92. The van der Waals surface area contributed by atoms with Crippen LogP contribution in [-0.2, 0) is 28.5 Å². The average Bonchev–Trinajstić information content (AvgIpc) is 4.10. The standard InChI is InChI=1S/C23H25N3O5S.C12H8N2OS.C11H19NO5/c1-23(2,3)31-22(28)26-13-14(12-17(26)21(27)29-4)30-20-19(18-10-7-11-32-18)24-15-8-5-6-9-16(15)25-20;15-12-11(10-6-3-7-16-10)13-8-4-1-2-5-9(8)14-12;1-11(2,3)17-10(15)12-6-7(13)5-8(12)9(14)16-4/h5-11,14,17H,12-13H2,1-4H3;1-7H,(H,14,15);7-8,13H,5-6H2,1-4H3/t14-,17+;;7-,8-/m1.0/s1. The molecule has 0 aliphatic carbocycles. The Kier molecular flexibility index (Phi) is 15.2. The number of carbonyl (C=O) groups is 4. The van der Waals surface area contributed by atoms with Gasteiger partial charge in [0.15, 0.2) is 0 Å². The maximum atomic E-state index is 12.7. The van der Waals surface area contributed by atoms with E-state index in [2.05, 4.69) is 19.7 Å². The number of fused-ring (bicyclic) bond motifs is 2. The fourth-order valence-corrected chi connectivity index (χ4v) is 8.28. The first-order valence-corrected chi connectivity index (χ1v) is 22.4. The predicted octanol–water partition coefficient (Wildman–Crippen LogP) is 7.47. The molecule has 2 amide bonds. The zero-order chi connectivity index (χ0) is 47.1. The molecule has 19 heteroatoms. The van der Waals surface area contributed by atoms with E-state index in [0.717, 1.165) is 26.3 Å². The second-order valence-electron chi connectivity index (χ2n) is 17.0. The summed E-state index contributed by atoms with van der Waals surface area (Å²) in [7, 11) is 2.55. The van der Waals surface area contributed by atoms with E-state index in [1.54, 1.807) is 41.5 Å². The lowest BCUT2D eigenvalue weighted by Crippen LogP contribution is -2.44. The number of hydrogen-bond acceptors (Lipinski definition) is 16. The normalized spacial score (nSPS) is 18.2. The van der Waals surface area contributed by atoms with Gasteiger partial charge in [0.2, 0.25) is 5.88 Å². The van der Waals surface area contributed by atoms with Crippen LogP contribution in [0.25, 0.3) is 43.2 Å². The van der Waals surface area contributed by atoms with Crippen LogP contribution in [0.4, 0.5) is 9.59 Å². The van der Waals surface area contributed by atoms with Gasteiger partial charge in [-0.25, -0.2) is 34.1 Å². The monoisotopic (exact) mass is 928 g/mol. The molecule has 4 aromatic heterocycles. The number of hydrogen-bond donors (Lipinski definition) is 2. The molecule has 0 bridgehead atoms. The SMILES string of the molecule is COC(=O)[C@@H]1C[C@@H](Oc2nc3ccccc3nc2-c2cccs2)CN1C(=O)OC(C)(C)C.COC(=O)[C@@H]1C[C@H](O)CN1C(=O)OC(C)(C)C.O=c1[nH]c2ccccc2nc1-c1cccs1. The van der Waals surface area contributed by atoms with Crippen LogP contribution >= 0.6 is 22.7 Å². The van der Waals surface area contributed by atoms with Crippen molar-refractivity contribution in [2.75, 3.05) is 27.3 Å². The van der Waals surface area contributed by atoms with Crippen LogP contribution < -0.4 is 10.3 Å². The Balaban J connectivity index is 0.000000178. The molecule has 2 aliphatic rings. The van der Waals surface area contributed by atoms with Gasteiger partial charge < -0.3 is 33.8 Å². The molecule has 2 fully saturated rings. The Labute approximate surface area is 383 Å². The lowest BCUT2D eigenvalue weighted by Gasteiger charge is -2.27. The summed E-state index contributed by atoms with van der Waals surface area (Å²) in [5.74, 6) is -0.678. The summed E-state index contributed by atoms with van der Waals surface area (Å²) in [6, 6.07) is 21.2. The van der Waals surface area contributed by atoms with Gasteiger partial charge in [-0.2, -0.15) is 0 Å². The number of rotatable bonds is 6.